The maximum atomic E-state index is 13.5. The molecule has 0 bridgehead atoms. The number of nitrogens with zero attached hydrogens (tertiary/aromatic N) is 1. The van der Waals surface area contributed by atoms with E-state index in [1.807, 2.05) is 12.1 Å². The predicted molar refractivity (Wildman–Crippen MR) is 82.6 cm³/mol. The summed E-state index contributed by atoms with van der Waals surface area (Å²) in [4.78, 5) is 0. The summed E-state index contributed by atoms with van der Waals surface area (Å²) in [6.07, 6.45) is 2.04. The van der Waals surface area contributed by atoms with E-state index in [9.17, 15) is 8.78 Å². The Morgan fingerprint density at radius 2 is 1.78 bits per heavy atom. The summed E-state index contributed by atoms with van der Waals surface area (Å²) in [6.45, 7) is 0.479. The van der Waals surface area contributed by atoms with Gasteiger partial charge in [0.15, 0.2) is 0 Å². The van der Waals surface area contributed by atoms with E-state index in [1.54, 1.807) is 18.2 Å². The Bertz CT molecular complexity index is 759. The quantitative estimate of drug-likeness (QED) is 0.746. The lowest BCUT2D eigenvalue weighted by Gasteiger charge is -2.19. The third-order valence-electron chi connectivity index (χ3n) is 3.60. The average molecular weight is 314 g/mol. The molecule has 1 atom stereocenters. The molecule has 1 heterocycles. The first-order valence-electron chi connectivity index (χ1n) is 7.33. The monoisotopic (exact) mass is 314 g/mol. The van der Waals surface area contributed by atoms with E-state index in [0.717, 1.165) is 16.8 Å². The van der Waals surface area contributed by atoms with Crippen molar-refractivity contribution in [1.82, 2.24) is 10.5 Å². The van der Waals surface area contributed by atoms with Crippen LogP contribution in [0.5, 0.6) is 0 Å². The molecular weight excluding hydrogens is 298 g/mol. The Kier molecular flexibility index (Phi) is 4.78. The molecular formula is C18H16F2N2O. The van der Waals surface area contributed by atoms with Crippen LogP contribution in [0.2, 0.25) is 0 Å². The molecule has 1 unspecified atom stereocenters. The maximum absolute atomic E-state index is 13.5. The lowest BCUT2D eigenvalue weighted by molar-refractivity contribution is 0.404. The van der Waals surface area contributed by atoms with E-state index in [2.05, 4.69) is 10.5 Å². The highest BCUT2D eigenvalue weighted by Gasteiger charge is 2.14. The summed E-state index contributed by atoms with van der Waals surface area (Å²) >= 11 is 0. The van der Waals surface area contributed by atoms with Gasteiger partial charge >= 0.3 is 0 Å². The second-order valence-electron chi connectivity index (χ2n) is 5.31. The fraction of sp³-hybridized carbons (Fsp3) is 0.167. The first-order chi connectivity index (χ1) is 11.2. The predicted octanol–water partition coefficient (Wildman–Crippen LogP) is 4.03. The Morgan fingerprint density at radius 1 is 1.00 bits per heavy atom. The van der Waals surface area contributed by atoms with Gasteiger partial charge in [-0.3, -0.25) is 0 Å². The number of nitrogens with one attached hydrogen (secondary N) is 1. The molecule has 1 N–H and O–H groups in total. The highest BCUT2D eigenvalue weighted by molar-refractivity contribution is 5.25. The van der Waals surface area contributed by atoms with Gasteiger partial charge in [0.2, 0.25) is 0 Å². The lowest BCUT2D eigenvalue weighted by Crippen LogP contribution is -2.23. The van der Waals surface area contributed by atoms with Crippen molar-refractivity contribution in [2.75, 3.05) is 0 Å². The van der Waals surface area contributed by atoms with Crippen LogP contribution in [0.15, 0.2) is 65.4 Å². The minimum absolute atomic E-state index is 0.163. The number of aromatic nitrogens is 1. The molecule has 0 aliphatic rings. The summed E-state index contributed by atoms with van der Waals surface area (Å²) in [5.41, 5.74) is 2.40. The molecule has 3 nitrogen and oxygen atoms in total. The van der Waals surface area contributed by atoms with E-state index in [0.29, 0.717) is 13.0 Å². The summed E-state index contributed by atoms with van der Waals surface area (Å²) in [7, 11) is 0. The molecule has 0 fully saturated rings. The normalized spacial score (nSPS) is 12.3. The Morgan fingerprint density at radius 3 is 2.48 bits per heavy atom. The zero-order valence-electron chi connectivity index (χ0n) is 12.4. The molecule has 3 aromatic rings. The molecule has 0 amide bonds. The summed E-state index contributed by atoms with van der Waals surface area (Å²) in [5.74, 6) is -0.577. The van der Waals surface area contributed by atoms with Crippen molar-refractivity contribution in [2.24, 2.45) is 0 Å². The molecule has 0 aliphatic heterocycles. The van der Waals surface area contributed by atoms with Gasteiger partial charge < -0.3 is 9.84 Å². The van der Waals surface area contributed by atoms with E-state index in [1.165, 1.54) is 30.5 Å². The summed E-state index contributed by atoms with van der Waals surface area (Å²) < 4.78 is 31.7. The van der Waals surface area contributed by atoms with Crippen molar-refractivity contribution in [3.63, 3.8) is 0 Å². The van der Waals surface area contributed by atoms with Gasteiger partial charge in [0.1, 0.15) is 17.9 Å². The minimum atomic E-state index is -0.296. The van der Waals surface area contributed by atoms with Gasteiger partial charge in [-0.05, 0) is 41.8 Å². The van der Waals surface area contributed by atoms with Gasteiger partial charge in [-0.2, -0.15) is 0 Å². The highest BCUT2D eigenvalue weighted by atomic mass is 19.1. The zero-order chi connectivity index (χ0) is 16.1. The van der Waals surface area contributed by atoms with Gasteiger partial charge in [0.25, 0.3) is 0 Å². The van der Waals surface area contributed by atoms with Crippen LogP contribution in [0.25, 0.3) is 0 Å². The van der Waals surface area contributed by atoms with Gasteiger partial charge in [-0.25, -0.2) is 8.78 Å². The Balaban J connectivity index is 1.80. The van der Waals surface area contributed by atoms with E-state index in [4.69, 9.17) is 4.52 Å². The van der Waals surface area contributed by atoms with Crippen LogP contribution in [0.3, 0.4) is 0 Å². The van der Waals surface area contributed by atoms with E-state index < -0.39 is 0 Å². The van der Waals surface area contributed by atoms with Crippen molar-refractivity contribution in [3.05, 3.63) is 89.3 Å². The van der Waals surface area contributed by atoms with Crippen molar-refractivity contribution >= 4 is 0 Å². The molecule has 1 aromatic heterocycles. The van der Waals surface area contributed by atoms with Crippen LogP contribution >= 0.6 is 0 Å². The zero-order valence-corrected chi connectivity index (χ0v) is 12.4. The molecule has 0 spiro atoms. The molecule has 0 saturated carbocycles. The first-order valence-corrected chi connectivity index (χ1v) is 7.33. The fourth-order valence-electron chi connectivity index (χ4n) is 2.49. The minimum Gasteiger partial charge on any atom is -0.364 e. The second kappa shape index (κ2) is 7.15. The third-order valence-corrected chi connectivity index (χ3v) is 3.60. The third kappa shape index (κ3) is 4.23. The maximum Gasteiger partial charge on any atom is 0.124 e. The van der Waals surface area contributed by atoms with Crippen LogP contribution in [-0.4, -0.2) is 5.16 Å². The summed E-state index contributed by atoms with van der Waals surface area (Å²) in [6, 6.07) is 14.4. The molecule has 0 saturated heterocycles. The number of benzene rings is 2. The highest BCUT2D eigenvalue weighted by Crippen LogP contribution is 2.20. The largest absolute Gasteiger partial charge is 0.364 e. The topological polar surface area (TPSA) is 38.1 Å². The van der Waals surface area contributed by atoms with Crippen molar-refractivity contribution in [2.45, 2.75) is 19.0 Å². The Labute approximate surface area is 132 Å². The molecule has 0 radical (unpaired) electrons. The molecule has 3 rings (SSSR count). The molecule has 23 heavy (non-hydrogen) atoms. The number of hydrogen-bond acceptors (Lipinski definition) is 3. The van der Waals surface area contributed by atoms with Crippen molar-refractivity contribution < 1.29 is 13.3 Å². The number of halogens is 2. The van der Waals surface area contributed by atoms with E-state index >= 15 is 0 Å². The SMILES string of the molecule is Fc1cccc(CC(NCc2ccon2)c2cccc(F)c2)c1. The van der Waals surface area contributed by atoms with Gasteiger partial charge in [0, 0.05) is 18.7 Å². The molecule has 118 valence electrons. The van der Waals surface area contributed by atoms with Crippen LogP contribution in [0.1, 0.15) is 22.9 Å². The Hall–Kier alpha value is -2.53. The van der Waals surface area contributed by atoms with Crippen molar-refractivity contribution in [3.8, 4) is 0 Å². The van der Waals surface area contributed by atoms with Crippen LogP contribution < -0.4 is 5.32 Å². The smallest absolute Gasteiger partial charge is 0.124 e. The molecule has 0 aliphatic carbocycles. The van der Waals surface area contributed by atoms with Crippen LogP contribution in [0.4, 0.5) is 8.78 Å². The van der Waals surface area contributed by atoms with Crippen molar-refractivity contribution in [1.29, 1.82) is 0 Å². The van der Waals surface area contributed by atoms with Crippen LogP contribution in [0, 0.1) is 11.6 Å². The fourth-order valence-corrected chi connectivity index (χ4v) is 2.49. The number of rotatable bonds is 6. The average Bonchev–Trinajstić information content (AvgIpc) is 3.05. The van der Waals surface area contributed by atoms with E-state index in [-0.39, 0.29) is 17.7 Å². The molecule has 5 heteroatoms. The van der Waals surface area contributed by atoms with Gasteiger partial charge in [0.05, 0.1) is 5.69 Å². The molecule has 2 aromatic carbocycles. The first kappa shape index (κ1) is 15.4. The van der Waals surface area contributed by atoms with Gasteiger partial charge in [-0.1, -0.05) is 29.4 Å². The lowest BCUT2D eigenvalue weighted by atomic mass is 9.98. The second-order valence-corrected chi connectivity index (χ2v) is 5.31. The van der Waals surface area contributed by atoms with Crippen LogP contribution in [-0.2, 0) is 13.0 Å². The summed E-state index contributed by atoms with van der Waals surface area (Å²) in [5, 5.41) is 7.17. The van der Waals surface area contributed by atoms with Gasteiger partial charge in [-0.15, -0.1) is 0 Å². The number of hydrogen-bond donors (Lipinski definition) is 1. The standard InChI is InChI=1S/C18H16F2N2O/c19-15-5-1-3-13(9-15)10-18(14-4-2-6-16(20)11-14)21-12-17-7-8-23-22-17/h1-9,11,18,21H,10,12H2.